The minimum Gasteiger partial charge on any atom is -0.463 e. The minimum absolute atomic E-state index is 0.00915. The van der Waals surface area contributed by atoms with Crippen LogP contribution in [0.3, 0.4) is 0 Å². The molecule has 292 valence electrons. The van der Waals surface area contributed by atoms with Crippen molar-refractivity contribution in [3.05, 3.63) is 0 Å². The van der Waals surface area contributed by atoms with Crippen molar-refractivity contribution in [3.8, 4) is 0 Å². The molecular weight excluding hydrogens is 610 g/mol. The zero-order valence-electron chi connectivity index (χ0n) is 33.4. The zero-order chi connectivity index (χ0) is 36.0. The summed E-state index contributed by atoms with van der Waals surface area (Å²) >= 11 is 0. The van der Waals surface area contributed by atoms with E-state index < -0.39 is 0 Å². The molecule has 0 aromatic heterocycles. The molecule has 0 spiro atoms. The third-order valence-electron chi connectivity index (χ3n) is 9.98. The fourth-order valence-electron chi connectivity index (χ4n) is 6.76. The number of unbranched alkanes of at least 4 members (excludes halogenated alkanes) is 21. The van der Waals surface area contributed by atoms with Crippen molar-refractivity contribution >= 4 is 11.9 Å². The van der Waals surface area contributed by atoms with Crippen LogP contribution in [0.2, 0.25) is 0 Å². The highest BCUT2D eigenvalue weighted by Crippen LogP contribution is 2.18. The Labute approximate surface area is 305 Å². The summed E-state index contributed by atoms with van der Waals surface area (Å²) < 4.78 is 11.6. The van der Waals surface area contributed by atoms with Gasteiger partial charge in [-0.05, 0) is 84.2 Å². The molecule has 0 aliphatic heterocycles. The number of nitrogens with zero attached hydrogens (tertiary/aromatic N) is 1. The van der Waals surface area contributed by atoms with Gasteiger partial charge in [-0.15, -0.1) is 0 Å². The molecule has 0 unspecified atom stereocenters. The van der Waals surface area contributed by atoms with Gasteiger partial charge in [0, 0.05) is 19.4 Å². The Balaban J connectivity index is 4.07. The first-order valence-corrected chi connectivity index (χ1v) is 21.7. The molecule has 0 aliphatic carbocycles. The van der Waals surface area contributed by atoms with E-state index in [9.17, 15) is 14.7 Å². The summed E-state index contributed by atoms with van der Waals surface area (Å²) in [5, 5.41) is 9.56. The standard InChI is InChI=1S/C43H85NO5/c1-5-8-11-14-18-24-31-40(4)48-42(46)34-27-21-17-22-29-36-44(38-39-45)37-30-23-28-35-43(47)49-41(32-25-19-15-12-9-6-2)33-26-20-16-13-10-7-3/h40-41,45H,5-39H2,1-4H3/t40-/m1/s1. The van der Waals surface area contributed by atoms with E-state index in [0.29, 0.717) is 19.4 Å². The van der Waals surface area contributed by atoms with Gasteiger partial charge in [0.15, 0.2) is 0 Å². The van der Waals surface area contributed by atoms with Crippen LogP contribution >= 0.6 is 0 Å². The Kier molecular flexibility index (Phi) is 37.2. The fraction of sp³-hybridized carbons (Fsp3) is 0.953. The van der Waals surface area contributed by atoms with Crippen LogP contribution in [0.1, 0.15) is 227 Å². The van der Waals surface area contributed by atoms with Crippen molar-refractivity contribution in [2.45, 2.75) is 239 Å². The van der Waals surface area contributed by atoms with Gasteiger partial charge in [-0.3, -0.25) is 9.59 Å². The second-order valence-electron chi connectivity index (χ2n) is 15.0. The Morgan fingerprint density at radius 3 is 1.31 bits per heavy atom. The van der Waals surface area contributed by atoms with Gasteiger partial charge >= 0.3 is 11.9 Å². The topological polar surface area (TPSA) is 76.1 Å². The first-order valence-electron chi connectivity index (χ1n) is 21.7. The monoisotopic (exact) mass is 696 g/mol. The molecule has 0 amide bonds. The summed E-state index contributed by atoms with van der Waals surface area (Å²) in [4.78, 5) is 27.3. The van der Waals surface area contributed by atoms with E-state index in [4.69, 9.17) is 9.47 Å². The molecule has 6 nitrogen and oxygen atoms in total. The number of hydrogen-bond donors (Lipinski definition) is 1. The lowest BCUT2D eigenvalue weighted by Crippen LogP contribution is -2.29. The average Bonchev–Trinajstić information content (AvgIpc) is 3.08. The minimum atomic E-state index is -0.0398. The van der Waals surface area contributed by atoms with Gasteiger partial charge in [0.05, 0.1) is 12.7 Å². The van der Waals surface area contributed by atoms with Gasteiger partial charge in [0.1, 0.15) is 6.10 Å². The second kappa shape index (κ2) is 38.1. The Hall–Kier alpha value is -1.14. The van der Waals surface area contributed by atoms with Crippen LogP contribution in [0.4, 0.5) is 0 Å². The van der Waals surface area contributed by atoms with Crippen molar-refractivity contribution in [1.82, 2.24) is 4.90 Å². The normalized spacial score (nSPS) is 12.2. The number of aliphatic hydroxyl groups is 1. The maximum absolute atomic E-state index is 12.7. The molecular formula is C43H85NO5. The second-order valence-corrected chi connectivity index (χ2v) is 15.0. The quantitative estimate of drug-likeness (QED) is 0.0509. The highest BCUT2D eigenvalue weighted by molar-refractivity contribution is 5.69. The number of rotatable bonds is 39. The van der Waals surface area contributed by atoms with Crippen molar-refractivity contribution in [2.75, 3.05) is 26.2 Å². The van der Waals surface area contributed by atoms with Crippen molar-refractivity contribution in [2.24, 2.45) is 0 Å². The van der Waals surface area contributed by atoms with E-state index in [1.807, 2.05) is 6.92 Å². The smallest absolute Gasteiger partial charge is 0.306 e. The van der Waals surface area contributed by atoms with Gasteiger partial charge in [-0.25, -0.2) is 0 Å². The Bertz CT molecular complexity index is 686. The number of hydrogen-bond acceptors (Lipinski definition) is 6. The predicted octanol–water partition coefficient (Wildman–Crippen LogP) is 12.3. The van der Waals surface area contributed by atoms with Gasteiger partial charge in [-0.1, -0.05) is 143 Å². The van der Waals surface area contributed by atoms with Crippen molar-refractivity contribution < 1.29 is 24.2 Å². The lowest BCUT2D eigenvalue weighted by molar-refractivity contribution is -0.150. The maximum Gasteiger partial charge on any atom is 0.306 e. The summed E-state index contributed by atoms with van der Waals surface area (Å²) in [5.74, 6) is -0.0489. The predicted molar refractivity (Wildman–Crippen MR) is 209 cm³/mol. The Morgan fingerprint density at radius 1 is 0.469 bits per heavy atom. The van der Waals surface area contributed by atoms with Gasteiger partial charge < -0.3 is 19.5 Å². The highest BCUT2D eigenvalue weighted by Gasteiger charge is 2.15. The van der Waals surface area contributed by atoms with E-state index in [0.717, 1.165) is 90.1 Å². The molecule has 0 fully saturated rings. The summed E-state index contributed by atoms with van der Waals surface area (Å²) in [6.07, 6.45) is 35.5. The molecule has 6 heteroatoms. The van der Waals surface area contributed by atoms with Crippen molar-refractivity contribution in [1.29, 1.82) is 0 Å². The average molecular weight is 696 g/mol. The van der Waals surface area contributed by atoms with E-state index in [-0.39, 0.29) is 30.8 Å². The van der Waals surface area contributed by atoms with Crippen LogP contribution in [0.25, 0.3) is 0 Å². The number of aliphatic hydroxyl groups excluding tert-OH is 1. The number of esters is 2. The lowest BCUT2D eigenvalue weighted by Gasteiger charge is -2.21. The van der Waals surface area contributed by atoms with Crippen LogP contribution < -0.4 is 0 Å². The van der Waals surface area contributed by atoms with E-state index in [1.54, 1.807) is 0 Å². The molecule has 0 aliphatic rings. The van der Waals surface area contributed by atoms with Crippen LogP contribution in [-0.2, 0) is 19.1 Å². The lowest BCUT2D eigenvalue weighted by atomic mass is 10.0. The molecule has 49 heavy (non-hydrogen) atoms. The van der Waals surface area contributed by atoms with Crippen molar-refractivity contribution in [3.63, 3.8) is 0 Å². The molecule has 0 saturated carbocycles. The van der Waals surface area contributed by atoms with E-state index in [1.165, 1.54) is 109 Å². The number of carbonyl (C=O) groups excluding carboxylic acids is 2. The zero-order valence-corrected chi connectivity index (χ0v) is 33.4. The third kappa shape index (κ3) is 35.1. The van der Waals surface area contributed by atoms with Crippen LogP contribution in [0.15, 0.2) is 0 Å². The molecule has 0 saturated heterocycles. The summed E-state index contributed by atoms with van der Waals surface area (Å²) in [7, 11) is 0. The number of carbonyl (C=O) groups is 2. The molecule has 0 bridgehead atoms. The fourth-order valence-corrected chi connectivity index (χ4v) is 6.76. The van der Waals surface area contributed by atoms with Crippen LogP contribution in [-0.4, -0.2) is 60.4 Å². The first kappa shape index (κ1) is 47.9. The SMILES string of the molecule is CCCCCCCCC(CCCCCCCC)OC(=O)CCCCCN(CCO)CCCCCCCC(=O)O[C@H](C)CCCCCCCC. The van der Waals surface area contributed by atoms with E-state index >= 15 is 0 Å². The first-order chi connectivity index (χ1) is 24.0. The molecule has 0 aromatic rings. The number of ether oxygens (including phenoxy) is 2. The Morgan fingerprint density at radius 2 is 0.837 bits per heavy atom. The van der Waals surface area contributed by atoms with E-state index in [2.05, 4.69) is 25.7 Å². The van der Waals surface area contributed by atoms with Crippen LogP contribution in [0.5, 0.6) is 0 Å². The molecule has 0 aromatic carbocycles. The summed E-state index contributed by atoms with van der Waals surface area (Å²) in [6, 6.07) is 0. The summed E-state index contributed by atoms with van der Waals surface area (Å²) in [5.41, 5.74) is 0. The van der Waals surface area contributed by atoms with Crippen LogP contribution in [0, 0.1) is 0 Å². The summed E-state index contributed by atoms with van der Waals surface area (Å²) in [6.45, 7) is 11.6. The van der Waals surface area contributed by atoms with Gasteiger partial charge in [0.25, 0.3) is 0 Å². The molecule has 1 N–H and O–H groups in total. The molecule has 0 rings (SSSR count). The molecule has 1 atom stereocenters. The molecule has 0 radical (unpaired) electrons. The highest BCUT2D eigenvalue weighted by atomic mass is 16.5. The van der Waals surface area contributed by atoms with Gasteiger partial charge in [-0.2, -0.15) is 0 Å². The maximum atomic E-state index is 12.7. The third-order valence-corrected chi connectivity index (χ3v) is 9.98. The van der Waals surface area contributed by atoms with Gasteiger partial charge in [0.2, 0.25) is 0 Å². The molecule has 0 heterocycles. The largest absolute Gasteiger partial charge is 0.463 e.